The van der Waals surface area contributed by atoms with E-state index in [0.717, 1.165) is 29.1 Å². The molecule has 4 rings (SSSR count). The Balaban J connectivity index is 1.25. The largest absolute Gasteiger partial charge is 0.461 e. The molecule has 1 aliphatic heterocycles. The van der Waals surface area contributed by atoms with Gasteiger partial charge >= 0.3 is 0 Å². The van der Waals surface area contributed by atoms with Crippen molar-refractivity contribution in [1.29, 1.82) is 0 Å². The molecule has 0 radical (unpaired) electrons. The Labute approximate surface area is 188 Å². The number of carbonyl (C=O) groups excluding carboxylic acids is 1. The Morgan fingerprint density at radius 1 is 1.33 bits per heavy atom. The predicted molar refractivity (Wildman–Crippen MR) is 122 cm³/mol. The van der Waals surface area contributed by atoms with Gasteiger partial charge in [-0.1, -0.05) is 33.8 Å². The van der Waals surface area contributed by atoms with E-state index < -0.39 is 0 Å². The lowest BCUT2D eigenvalue weighted by atomic mass is 10.1. The SMILES string of the molecule is CCn1c(SCC(=O)NCC2CCN(c3cccc(Br)c3)C2)nnc1-c1ccco1. The molecule has 30 heavy (non-hydrogen) atoms. The van der Waals surface area contributed by atoms with E-state index in [-0.39, 0.29) is 5.91 Å². The predicted octanol–water partition coefficient (Wildman–Crippen LogP) is 4.06. The van der Waals surface area contributed by atoms with Crippen LogP contribution in [-0.2, 0) is 11.3 Å². The van der Waals surface area contributed by atoms with Crippen LogP contribution in [0.1, 0.15) is 13.3 Å². The van der Waals surface area contributed by atoms with Gasteiger partial charge in [0.25, 0.3) is 0 Å². The second-order valence-electron chi connectivity index (χ2n) is 7.20. The van der Waals surface area contributed by atoms with Crippen molar-refractivity contribution in [3.05, 3.63) is 47.1 Å². The van der Waals surface area contributed by atoms with Crippen LogP contribution < -0.4 is 10.2 Å². The number of amides is 1. The molecule has 1 aromatic carbocycles. The van der Waals surface area contributed by atoms with Gasteiger partial charge in [-0.05, 0) is 49.6 Å². The monoisotopic (exact) mass is 489 g/mol. The van der Waals surface area contributed by atoms with Gasteiger partial charge in [0.2, 0.25) is 5.91 Å². The average Bonchev–Trinajstić information content (AvgIpc) is 3.51. The van der Waals surface area contributed by atoms with Crippen molar-refractivity contribution in [2.75, 3.05) is 30.3 Å². The number of anilines is 1. The van der Waals surface area contributed by atoms with Crippen LogP contribution in [0.15, 0.2) is 56.7 Å². The molecule has 1 amide bonds. The van der Waals surface area contributed by atoms with E-state index in [9.17, 15) is 4.79 Å². The third-order valence-corrected chi connectivity index (χ3v) is 6.61. The van der Waals surface area contributed by atoms with Gasteiger partial charge in [-0.15, -0.1) is 10.2 Å². The lowest BCUT2D eigenvalue weighted by molar-refractivity contribution is -0.118. The molecule has 0 bridgehead atoms. The third kappa shape index (κ3) is 4.89. The van der Waals surface area contributed by atoms with Crippen molar-refractivity contribution in [1.82, 2.24) is 20.1 Å². The fourth-order valence-electron chi connectivity index (χ4n) is 3.61. The fraction of sp³-hybridized carbons (Fsp3) is 0.381. The minimum Gasteiger partial charge on any atom is -0.461 e. The number of hydrogen-bond donors (Lipinski definition) is 1. The first-order chi connectivity index (χ1) is 14.6. The molecule has 1 aliphatic rings. The number of furan rings is 1. The molecule has 2 aromatic heterocycles. The number of nitrogens with one attached hydrogen (secondary N) is 1. The normalized spacial score (nSPS) is 16.2. The first-order valence-corrected chi connectivity index (χ1v) is 11.8. The summed E-state index contributed by atoms with van der Waals surface area (Å²) in [7, 11) is 0. The van der Waals surface area contributed by atoms with Gasteiger partial charge in [0.15, 0.2) is 16.7 Å². The topological polar surface area (TPSA) is 76.2 Å². The fourth-order valence-corrected chi connectivity index (χ4v) is 4.83. The van der Waals surface area contributed by atoms with Crippen LogP contribution in [0.4, 0.5) is 5.69 Å². The molecule has 1 saturated heterocycles. The van der Waals surface area contributed by atoms with Crippen molar-refractivity contribution in [3.63, 3.8) is 0 Å². The molecule has 3 aromatic rings. The highest BCUT2D eigenvalue weighted by Gasteiger charge is 2.23. The van der Waals surface area contributed by atoms with Crippen LogP contribution in [0.25, 0.3) is 11.6 Å². The highest BCUT2D eigenvalue weighted by atomic mass is 79.9. The molecular weight excluding hydrogens is 466 g/mol. The number of aromatic nitrogens is 3. The zero-order valence-corrected chi connectivity index (χ0v) is 19.2. The Hall–Kier alpha value is -2.26. The van der Waals surface area contributed by atoms with E-state index >= 15 is 0 Å². The number of rotatable bonds is 8. The number of hydrogen-bond acceptors (Lipinski definition) is 6. The summed E-state index contributed by atoms with van der Waals surface area (Å²) in [5.74, 6) is 2.16. The number of thioether (sulfide) groups is 1. The van der Waals surface area contributed by atoms with Gasteiger partial charge in [-0.3, -0.25) is 9.36 Å². The summed E-state index contributed by atoms with van der Waals surface area (Å²) in [6.07, 6.45) is 2.70. The standard InChI is InChI=1S/C21H24BrN5O2S/c1-2-27-20(18-7-4-10-29-18)24-25-21(27)30-14-19(28)23-12-15-8-9-26(13-15)17-6-3-5-16(22)11-17/h3-7,10-11,15H,2,8-9,12-14H2,1H3,(H,23,28). The highest BCUT2D eigenvalue weighted by molar-refractivity contribution is 9.10. The van der Waals surface area contributed by atoms with Gasteiger partial charge in [-0.25, -0.2) is 0 Å². The van der Waals surface area contributed by atoms with Crippen molar-refractivity contribution in [3.8, 4) is 11.6 Å². The number of nitrogens with zero attached hydrogens (tertiary/aromatic N) is 4. The Kier molecular flexibility index (Phi) is 6.79. The molecule has 3 heterocycles. The molecule has 1 N–H and O–H groups in total. The van der Waals surface area contributed by atoms with Crippen molar-refractivity contribution < 1.29 is 9.21 Å². The van der Waals surface area contributed by atoms with E-state index in [1.165, 1.54) is 17.4 Å². The zero-order chi connectivity index (χ0) is 20.9. The van der Waals surface area contributed by atoms with Crippen LogP contribution in [0.3, 0.4) is 0 Å². The molecule has 9 heteroatoms. The quantitative estimate of drug-likeness (QED) is 0.480. The molecule has 1 fully saturated rings. The van der Waals surface area contributed by atoms with Crippen molar-refractivity contribution >= 4 is 39.3 Å². The van der Waals surface area contributed by atoms with Gasteiger partial charge in [0.1, 0.15) is 0 Å². The van der Waals surface area contributed by atoms with Gasteiger partial charge < -0.3 is 14.6 Å². The summed E-state index contributed by atoms with van der Waals surface area (Å²) in [6.45, 7) is 5.40. The minimum atomic E-state index is 0.0195. The van der Waals surface area contributed by atoms with Gasteiger partial charge in [0, 0.05) is 36.3 Å². The van der Waals surface area contributed by atoms with Crippen LogP contribution in [0.2, 0.25) is 0 Å². The van der Waals surface area contributed by atoms with E-state index in [0.29, 0.717) is 36.3 Å². The maximum absolute atomic E-state index is 12.4. The number of halogens is 1. The average molecular weight is 490 g/mol. The maximum atomic E-state index is 12.4. The van der Waals surface area contributed by atoms with Crippen molar-refractivity contribution in [2.45, 2.75) is 25.0 Å². The summed E-state index contributed by atoms with van der Waals surface area (Å²) in [5, 5.41) is 12.2. The summed E-state index contributed by atoms with van der Waals surface area (Å²) >= 11 is 4.93. The van der Waals surface area contributed by atoms with E-state index in [4.69, 9.17) is 4.42 Å². The maximum Gasteiger partial charge on any atom is 0.230 e. The molecule has 0 spiro atoms. The summed E-state index contributed by atoms with van der Waals surface area (Å²) in [6, 6.07) is 12.0. The molecule has 1 atom stereocenters. The summed E-state index contributed by atoms with van der Waals surface area (Å²) in [5.41, 5.74) is 1.22. The smallest absolute Gasteiger partial charge is 0.230 e. The van der Waals surface area contributed by atoms with E-state index in [1.807, 2.05) is 29.7 Å². The minimum absolute atomic E-state index is 0.0195. The molecule has 158 valence electrons. The van der Waals surface area contributed by atoms with Gasteiger partial charge in [-0.2, -0.15) is 0 Å². The molecule has 1 unspecified atom stereocenters. The van der Waals surface area contributed by atoms with Crippen LogP contribution in [-0.4, -0.2) is 46.1 Å². The molecule has 0 saturated carbocycles. The zero-order valence-electron chi connectivity index (χ0n) is 16.8. The van der Waals surface area contributed by atoms with Crippen LogP contribution in [0, 0.1) is 5.92 Å². The first kappa shape index (κ1) is 21.0. The van der Waals surface area contributed by atoms with Crippen LogP contribution in [0.5, 0.6) is 0 Å². The highest BCUT2D eigenvalue weighted by Crippen LogP contribution is 2.26. The second-order valence-corrected chi connectivity index (χ2v) is 9.06. The third-order valence-electron chi connectivity index (χ3n) is 5.15. The molecule has 7 nitrogen and oxygen atoms in total. The number of carbonyl (C=O) groups is 1. The molecule has 0 aliphatic carbocycles. The lowest BCUT2D eigenvalue weighted by Crippen LogP contribution is -2.32. The van der Waals surface area contributed by atoms with E-state index in [1.54, 1.807) is 6.26 Å². The number of benzene rings is 1. The Morgan fingerprint density at radius 3 is 3.00 bits per heavy atom. The van der Waals surface area contributed by atoms with Crippen LogP contribution >= 0.6 is 27.7 Å². The Morgan fingerprint density at radius 2 is 2.23 bits per heavy atom. The lowest BCUT2D eigenvalue weighted by Gasteiger charge is -2.19. The summed E-state index contributed by atoms with van der Waals surface area (Å²) < 4.78 is 8.47. The first-order valence-electron chi connectivity index (χ1n) is 10.0. The second kappa shape index (κ2) is 9.70. The Bertz CT molecular complexity index is 991. The van der Waals surface area contributed by atoms with E-state index in [2.05, 4.69) is 54.5 Å². The van der Waals surface area contributed by atoms with Gasteiger partial charge in [0.05, 0.1) is 12.0 Å². The van der Waals surface area contributed by atoms with Crippen molar-refractivity contribution in [2.24, 2.45) is 5.92 Å². The summed E-state index contributed by atoms with van der Waals surface area (Å²) in [4.78, 5) is 14.7. The molecular formula is C21H24BrN5O2S.